The topological polar surface area (TPSA) is 113 Å². The van der Waals surface area contributed by atoms with Crippen molar-refractivity contribution in [1.82, 2.24) is 4.72 Å². The average Bonchev–Trinajstić information content (AvgIpc) is 2.37. The fraction of sp³-hybridized carbons (Fsp3) is 0.417. The van der Waals surface area contributed by atoms with Crippen molar-refractivity contribution >= 4 is 15.7 Å². The molecule has 0 aliphatic heterocycles. The lowest BCUT2D eigenvalue weighted by molar-refractivity contribution is -0.385. The van der Waals surface area contributed by atoms with Gasteiger partial charge in [0.15, 0.2) is 0 Å². The van der Waals surface area contributed by atoms with Crippen LogP contribution in [-0.2, 0) is 10.0 Å². The van der Waals surface area contributed by atoms with Crippen LogP contribution in [0.25, 0.3) is 0 Å². The summed E-state index contributed by atoms with van der Waals surface area (Å²) in [4.78, 5) is 10.0. The third kappa shape index (κ3) is 3.76. The minimum Gasteiger partial charge on any atom is -0.258 e. The van der Waals surface area contributed by atoms with Crippen molar-refractivity contribution < 1.29 is 13.3 Å². The Labute approximate surface area is 117 Å². The van der Waals surface area contributed by atoms with Crippen LogP contribution >= 0.6 is 0 Å². The first-order valence-corrected chi connectivity index (χ1v) is 7.44. The van der Waals surface area contributed by atoms with Crippen LogP contribution in [-0.4, -0.2) is 19.4 Å². The quantitative estimate of drug-likeness (QED) is 0.636. The third-order valence-electron chi connectivity index (χ3n) is 2.84. The minimum atomic E-state index is -3.87. The molecule has 1 N–H and O–H groups in total. The molecule has 7 nitrogen and oxygen atoms in total. The molecule has 1 aromatic rings. The molecule has 1 unspecified atom stereocenters. The average molecular weight is 297 g/mol. The first-order chi connectivity index (χ1) is 9.31. The van der Waals surface area contributed by atoms with Gasteiger partial charge >= 0.3 is 0 Å². The van der Waals surface area contributed by atoms with E-state index < -0.39 is 21.0 Å². The Kier molecular flexibility index (Phi) is 5.19. The highest BCUT2D eigenvalue weighted by Gasteiger charge is 2.22. The molecule has 0 radical (unpaired) electrons. The highest BCUT2D eigenvalue weighted by Crippen LogP contribution is 2.22. The van der Waals surface area contributed by atoms with Crippen LogP contribution in [0.2, 0.25) is 0 Å². The Morgan fingerprint density at radius 3 is 2.65 bits per heavy atom. The van der Waals surface area contributed by atoms with E-state index >= 15 is 0 Å². The Bertz CT molecular complexity index is 649. The Hall–Kier alpha value is -1.98. The molecule has 0 bridgehead atoms. The van der Waals surface area contributed by atoms with Crippen molar-refractivity contribution in [3.05, 3.63) is 33.9 Å². The summed E-state index contributed by atoms with van der Waals surface area (Å²) in [5.74, 6) is 0. The van der Waals surface area contributed by atoms with Crippen LogP contribution in [0.3, 0.4) is 0 Å². The summed E-state index contributed by atoms with van der Waals surface area (Å²) in [6.45, 7) is 3.29. The summed E-state index contributed by atoms with van der Waals surface area (Å²) in [5, 5.41) is 19.4. The predicted octanol–water partition coefficient (Wildman–Crippen LogP) is 1.87. The summed E-state index contributed by atoms with van der Waals surface area (Å²) in [5.41, 5.74) is 0.138. The Balaban J connectivity index is 3.13. The lowest BCUT2D eigenvalue weighted by Crippen LogP contribution is -2.34. The van der Waals surface area contributed by atoms with Crippen molar-refractivity contribution in [2.24, 2.45) is 0 Å². The number of nitriles is 1. The number of nitrogens with one attached hydrogen (secondary N) is 1. The van der Waals surface area contributed by atoms with Gasteiger partial charge in [-0.3, -0.25) is 10.1 Å². The molecule has 1 aromatic carbocycles. The standard InChI is InChI=1S/C12H15N3O4S/c1-3-10(6-7-13)14-20(18,19)11-5-4-9(2)12(8-11)15(16)17/h4-5,8,10,14H,3,6H2,1-2H3. The van der Waals surface area contributed by atoms with E-state index in [1.165, 1.54) is 19.1 Å². The molecular weight excluding hydrogens is 282 g/mol. The summed E-state index contributed by atoms with van der Waals surface area (Å²) in [7, 11) is -3.87. The van der Waals surface area contributed by atoms with Gasteiger partial charge in [-0.15, -0.1) is 0 Å². The van der Waals surface area contributed by atoms with Gasteiger partial charge in [0.1, 0.15) is 0 Å². The van der Waals surface area contributed by atoms with Crippen LogP contribution in [0.4, 0.5) is 5.69 Å². The smallest absolute Gasteiger partial charge is 0.258 e. The number of hydrogen-bond acceptors (Lipinski definition) is 5. The van der Waals surface area contributed by atoms with E-state index in [1.54, 1.807) is 6.92 Å². The predicted molar refractivity (Wildman–Crippen MR) is 72.5 cm³/mol. The molecule has 1 rings (SSSR count). The van der Waals surface area contributed by atoms with E-state index in [1.807, 2.05) is 6.07 Å². The van der Waals surface area contributed by atoms with Gasteiger partial charge in [0.2, 0.25) is 10.0 Å². The Morgan fingerprint density at radius 2 is 2.15 bits per heavy atom. The zero-order valence-corrected chi connectivity index (χ0v) is 12.0. The summed E-state index contributed by atoms with van der Waals surface area (Å²) >= 11 is 0. The highest BCUT2D eigenvalue weighted by molar-refractivity contribution is 7.89. The molecule has 0 heterocycles. The zero-order chi connectivity index (χ0) is 15.3. The van der Waals surface area contributed by atoms with Crippen molar-refractivity contribution in [3.8, 4) is 6.07 Å². The number of rotatable bonds is 6. The van der Waals surface area contributed by atoms with Crippen LogP contribution < -0.4 is 4.72 Å². The normalized spacial score (nSPS) is 12.7. The maximum atomic E-state index is 12.1. The fourth-order valence-corrected chi connectivity index (χ4v) is 2.96. The first kappa shape index (κ1) is 16.1. The maximum absolute atomic E-state index is 12.1. The van der Waals surface area contributed by atoms with Crippen LogP contribution in [0.1, 0.15) is 25.3 Å². The molecule has 0 saturated heterocycles. The summed E-state index contributed by atoms with van der Waals surface area (Å²) in [6, 6.07) is 5.11. The van der Waals surface area contributed by atoms with Gasteiger partial charge in [0.25, 0.3) is 5.69 Å². The van der Waals surface area contributed by atoms with Crippen LogP contribution in [0, 0.1) is 28.4 Å². The molecule has 0 saturated carbocycles. The van der Waals surface area contributed by atoms with Gasteiger partial charge < -0.3 is 0 Å². The Morgan fingerprint density at radius 1 is 1.50 bits per heavy atom. The largest absolute Gasteiger partial charge is 0.273 e. The van der Waals surface area contributed by atoms with Crippen molar-refractivity contribution in [3.63, 3.8) is 0 Å². The summed E-state index contributed by atoms with van der Waals surface area (Å²) in [6.07, 6.45) is 0.504. The third-order valence-corrected chi connectivity index (χ3v) is 4.36. The van der Waals surface area contributed by atoms with Gasteiger partial charge in [-0.25, -0.2) is 13.1 Å². The van der Waals surface area contributed by atoms with Gasteiger partial charge in [0, 0.05) is 17.7 Å². The van der Waals surface area contributed by atoms with Gasteiger partial charge in [0.05, 0.1) is 22.3 Å². The number of aryl methyl sites for hydroxylation is 1. The molecule has 1 atom stereocenters. The first-order valence-electron chi connectivity index (χ1n) is 5.96. The molecule has 0 amide bonds. The zero-order valence-electron chi connectivity index (χ0n) is 11.2. The molecule has 0 aromatic heterocycles. The van der Waals surface area contributed by atoms with Crippen molar-refractivity contribution in [1.29, 1.82) is 5.26 Å². The number of nitro groups is 1. The van der Waals surface area contributed by atoms with Gasteiger partial charge in [-0.05, 0) is 19.4 Å². The number of nitrogens with zero attached hydrogens (tertiary/aromatic N) is 2. The SMILES string of the molecule is CCC(CC#N)NS(=O)(=O)c1ccc(C)c([N+](=O)[O-])c1. The lowest BCUT2D eigenvalue weighted by Gasteiger charge is -2.14. The number of benzene rings is 1. The maximum Gasteiger partial charge on any atom is 0.273 e. The molecular formula is C12H15N3O4S. The second-order valence-electron chi connectivity index (χ2n) is 4.29. The molecule has 108 valence electrons. The second-order valence-corrected chi connectivity index (χ2v) is 6.01. The van der Waals surface area contributed by atoms with Crippen molar-refractivity contribution in [2.45, 2.75) is 37.6 Å². The highest BCUT2D eigenvalue weighted by atomic mass is 32.2. The molecule has 0 fully saturated rings. The monoisotopic (exact) mass is 297 g/mol. The number of hydrogen-bond donors (Lipinski definition) is 1. The molecule has 0 aliphatic rings. The van der Waals surface area contributed by atoms with Gasteiger partial charge in [-0.2, -0.15) is 5.26 Å². The minimum absolute atomic E-state index is 0.0453. The second kappa shape index (κ2) is 6.45. The fourth-order valence-electron chi connectivity index (χ4n) is 1.62. The van der Waals surface area contributed by atoms with Gasteiger partial charge in [-0.1, -0.05) is 13.0 Å². The number of sulfonamides is 1. The van der Waals surface area contributed by atoms with Crippen LogP contribution in [0.15, 0.2) is 23.1 Å². The van der Waals surface area contributed by atoms with Crippen molar-refractivity contribution in [2.75, 3.05) is 0 Å². The van der Waals surface area contributed by atoms with E-state index in [2.05, 4.69) is 4.72 Å². The number of nitro benzene ring substituents is 1. The molecule has 0 aliphatic carbocycles. The van der Waals surface area contributed by atoms with E-state index in [9.17, 15) is 18.5 Å². The van der Waals surface area contributed by atoms with E-state index in [0.29, 0.717) is 12.0 Å². The van der Waals surface area contributed by atoms with E-state index in [4.69, 9.17) is 5.26 Å². The molecule has 20 heavy (non-hydrogen) atoms. The lowest BCUT2D eigenvalue weighted by atomic mass is 10.2. The molecule has 8 heteroatoms. The van der Waals surface area contributed by atoms with E-state index in [-0.39, 0.29) is 17.0 Å². The van der Waals surface area contributed by atoms with Crippen LogP contribution in [0.5, 0.6) is 0 Å². The summed E-state index contributed by atoms with van der Waals surface area (Å²) < 4.78 is 26.6. The van der Waals surface area contributed by atoms with E-state index in [0.717, 1.165) is 6.07 Å². The molecule has 0 spiro atoms.